The summed E-state index contributed by atoms with van der Waals surface area (Å²) in [5.41, 5.74) is 14.5. The van der Waals surface area contributed by atoms with Gasteiger partial charge in [-0.3, -0.25) is 9.38 Å². The quantitative estimate of drug-likeness (QED) is 0.158. The monoisotopic (exact) mass is 1540 g/mol. The molecule has 16 nitrogen and oxygen atoms in total. The highest BCUT2D eigenvalue weighted by Gasteiger charge is 2.00. The number of hydrogen-bond acceptors (Lipinski definition) is 9. The fourth-order valence-corrected chi connectivity index (χ4v) is 7.30. The molecule has 13 aromatic heterocycles. The van der Waals surface area contributed by atoms with Crippen LogP contribution in [0.25, 0.3) is 50.2 Å². The van der Waals surface area contributed by atoms with Gasteiger partial charge in [-0.1, -0.05) is 314 Å². The Morgan fingerprint density at radius 2 is 0.741 bits per heavy atom. The molecule has 0 aliphatic rings. The van der Waals surface area contributed by atoms with Crippen LogP contribution in [0.1, 0.15) is 323 Å². The maximum absolute atomic E-state index is 4.18. The highest BCUT2D eigenvalue weighted by atomic mass is 15.2. The van der Waals surface area contributed by atoms with E-state index >= 15 is 0 Å². The normalized spacial score (nSPS) is 8.81. The summed E-state index contributed by atoms with van der Waals surface area (Å²) in [5, 5.41) is 10.8. The van der Waals surface area contributed by atoms with Crippen molar-refractivity contribution in [2.75, 3.05) is 0 Å². The number of unbranched alkanes of at least 4 members (excludes halogenated alkanes) is 7. The van der Waals surface area contributed by atoms with Crippen molar-refractivity contribution in [3.8, 4) is 0 Å². The molecule has 2 N–H and O–H groups in total. The molecule has 0 aliphatic carbocycles. The van der Waals surface area contributed by atoms with E-state index in [1.54, 1.807) is 29.3 Å². The molecule has 630 valence electrons. The Hall–Kier alpha value is -9.31. The van der Waals surface area contributed by atoms with Crippen molar-refractivity contribution in [3.63, 3.8) is 0 Å². The summed E-state index contributed by atoms with van der Waals surface area (Å²) in [6.45, 7) is 72.8. The molecule has 0 radical (unpaired) electrons. The van der Waals surface area contributed by atoms with Crippen LogP contribution in [-0.4, -0.2) is 77.3 Å². The van der Waals surface area contributed by atoms with Crippen LogP contribution >= 0.6 is 0 Å². The summed E-state index contributed by atoms with van der Waals surface area (Å²) in [7, 11) is 0. The fraction of sp³-hybridized carbons (Fsp3) is 0.510. The Bertz CT molecular complexity index is 3510. The van der Waals surface area contributed by atoms with Gasteiger partial charge in [-0.15, -0.1) is 0 Å². The molecule has 0 unspecified atom stereocenters. The second-order valence-corrected chi connectivity index (χ2v) is 23.2. The molecular weight excluding hydrogens is 1380 g/mol. The predicted octanol–water partition coefficient (Wildman–Crippen LogP) is 30.6. The zero-order valence-electron chi connectivity index (χ0n) is 78.1. The van der Waals surface area contributed by atoms with Crippen LogP contribution in [0.5, 0.6) is 0 Å². The topological polar surface area (TPSA) is 170 Å². The molecule has 14 aromatic rings. The van der Waals surface area contributed by atoms with Crippen LogP contribution in [0.15, 0.2) is 190 Å². The smallest absolute Gasteiger partial charge is 0.233 e. The fourth-order valence-electron chi connectivity index (χ4n) is 7.30. The van der Waals surface area contributed by atoms with Crippen LogP contribution < -0.4 is 0 Å². The van der Waals surface area contributed by atoms with Crippen molar-refractivity contribution in [3.05, 3.63) is 230 Å². The van der Waals surface area contributed by atoms with Gasteiger partial charge in [0.15, 0.2) is 11.3 Å². The third-order valence-electron chi connectivity index (χ3n) is 14.6. The van der Waals surface area contributed by atoms with Crippen LogP contribution in [-0.2, 0) is 0 Å². The third kappa shape index (κ3) is 52.8. The molecule has 0 aliphatic heterocycles. The third-order valence-corrected chi connectivity index (χ3v) is 14.6. The molecule has 0 amide bonds. The van der Waals surface area contributed by atoms with E-state index in [9.17, 15) is 0 Å². The molecular formula is C96H166N16. The summed E-state index contributed by atoms with van der Waals surface area (Å²) < 4.78 is 9.67. The average Bonchev–Trinajstić information content (AvgIpc) is 1.76. The van der Waals surface area contributed by atoms with Gasteiger partial charge in [0.2, 0.25) is 5.78 Å². The first-order chi connectivity index (χ1) is 54.5. The number of benzene rings is 1. The average molecular weight is 1540 g/mol. The van der Waals surface area contributed by atoms with Gasteiger partial charge in [0.1, 0.15) is 11.3 Å². The Morgan fingerprint density at radius 1 is 0.295 bits per heavy atom. The minimum Gasteiger partial charge on any atom is -0.361 e. The van der Waals surface area contributed by atoms with Crippen LogP contribution in [0.3, 0.4) is 0 Å². The number of nitrogens with zero attached hydrogens (tertiary/aromatic N) is 14. The molecule has 0 saturated heterocycles. The van der Waals surface area contributed by atoms with Gasteiger partial charge in [-0.25, -0.2) is 38.9 Å². The molecule has 14 rings (SSSR count). The number of para-hydroxylation sites is 1. The van der Waals surface area contributed by atoms with Gasteiger partial charge in [-0.05, 0) is 126 Å². The van der Waals surface area contributed by atoms with E-state index < -0.39 is 0 Å². The van der Waals surface area contributed by atoms with E-state index in [2.05, 4.69) is 201 Å². The van der Waals surface area contributed by atoms with E-state index in [0.717, 1.165) is 45.4 Å². The molecule has 0 atom stereocenters. The zero-order valence-corrected chi connectivity index (χ0v) is 78.1. The molecule has 0 spiro atoms. The number of hydrogen-bond donors (Lipinski definition) is 2. The molecule has 0 saturated carbocycles. The maximum Gasteiger partial charge on any atom is 0.233 e. The Morgan fingerprint density at radius 3 is 1.22 bits per heavy atom. The van der Waals surface area contributed by atoms with Gasteiger partial charge in [0, 0.05) is 108 Å². The van der Waals surface area contributed by atoms with Crippen molar-refractivity contribution in [1.29, 1.82) is 0 Å². The number of aryl methyl sites for hydroxylation is 7. The molecule has 1 aromatic carbocycles. The number of nitrogens with one attached hydrogen (secondary N) is 2. The zero-order chi connectivity index (χ0) is 86.7. The summed E-state index contributed by atoms with van der Waals surface area (Å²) in [4.78, 5) is 34.9. The van der Waals surface area contributed by atoms with E-state index in [1.165, 1.54) is 134 Å². The van der Waals surface area contributed by atoms with Crippen molar-refractivity contribution in [2.24, 2.45) is 0 Å². The molecule has 0 fully saturated rings. The van der Waals surface area contributed by atoms with Crippen LogP contribution in [0, 0.1) is 48.5 Å². The molecule has 0 bridgehead atoms. The molecule has 112 heavy (non-hydrogen) atoms. The van der Waals surface area contributed by atoms with Gasteiger partial charge in [-0.2, -0.15) is 10.2 Å². The van der Waals surface area contributed by atoms with Crippen LogP contribution in [0.2, 0.25) is 0 Å². The highest BCUT2D eigenvalue weighted by Crippen LogP contribution is 2.16. The van der Waals surface area contributed by atoms with Gasteiger partial charge < -0.3 is 18.8 Å². The SMILES string of the molecule is CC.CC.CC.CC.CC.CC.CC.CCCC.CCCC.CCCC.CCCC.CCCC.CCCC.CCCC.Cc1c[nH]c2ccccc12.Cc1ccnc2[nH]ccc12.Cc1cnc2ccccn12.Cc1cnc2cccnn12.Cc1cnc2cnccn12.Cc1cnc2ncccn12.Cc1cnn2ccccc12. The first kappa shape index (κ1) is 116. The number of rotatable bonds is 7. The summed E-state index contributed by atoms with van der Waals surface area (Å²) >= 11 is 0. The largest absolute Gasteiger partial charge is 0.361 e. The number of imidazole rings is 4. The van der Waals surface area contributed by atoms with E-state index in [0.29, 0.717) is 0 Å². The number of aromatic nitrogens is 16. The lowest BCUT2D eigenvalue weighted by Crippen LogP contribution is -1.90. The first-order valence-electron chi connectivity index (χ1n) is 43.0. The molecule has 13 heterocycles. The van der Waals surface area contributed by atoms with Crippen LogP contribution in [0.4, 0.5) is 0 Å². The van der Waals surface area contributed by atoms with Gasteiger partial charge in [0.25, 0.3) is 0 Å². The summed E-state index contributed by atoms with van der Waals surface area (Å²) in [6.07, 6.45) is 48.2. The van der Waals surface area contributed by atoms with Crippen molar-refractivity contribution in [1.82, 2.24) is 77.3 Å². The standard InChI is InChI=1S/C9H9N.3C8H8N2.3C7H7N3.7C4H10.7C2H6/c1-7-6-10-9-5-3-2-4-8(7)9;1-6-2-4-9-8-7(6)3-5-10-8;1-7-6-9-8-4-2-3-5-10(7)8;1-7-6-9-10-5-3-2-4-8(7)10;1-6-4-9-7-5-8-2-3-10(6)7;1-6-5-9-7-8-3-2-4-10(6)7;1-6-5-8-7-3-2-4-9-10(6)7;7*1-3-4-2;7*1-2/h2-6,10H,1H3;2-5H,1H3,(H,9,10);2*2-6H,1H3;3*2-5H,1H3;7*3-4H2,1-2H3;7*1-2H3. The molecule has 16 heteroatoms. The number of pyridine rings is 3. The summed E-state index contributed by atoms with van der Waals surface area (Å²) in [5.74, 6) is 0.764. The van der Waals surface area contributed by atoms with Gasteiger partial charge >= 0.3 is 0 Å². The lowest BCUT2D eigenvalue weighted by atomic mass is 10.2. The Balaban J connectivity index is -0.000000213. The number of aromatic amines is 2. The number of fused-ring (bicyclic) bond motifs is 7. The highest BCUT2D eigenvalue weighted by molar-refractivity contribution is 5.82. The lowest BCUT2D eigenvalue weighted by Gasteiger charge is -1.91. The van der Waals surface area contributed by atoms with Crippen molar-refractivity contribution >= 4 is 50.2 Å². The Kier molecular flexibility index (Phi) is 88.7. The second kappa shape index (κ2) is 85.7. The van der Waals surface area contributed by atoms with E-state index in [1.807, 2.05) is 279 Å². The number of H-pyrrole nitrogens is 2. The van der Waals surface area contributed by atoms with Crippen molar-refractivity contribution in [2.45, 2.75) is 332 Å². The minimum absolute atomic E-state index is 0.764. The Labute approximate surface area is 685 Å². The lowest BCUT2D eigenvalue weighted by molar-refractivity contribution is 0.886. The minimum atomic E-state index is 0.764. The van der Waals surface area contributed by atoms with E-state index in [4.69, 9.17) is 0 Å². The first-order valence-corrected chi connectivity index (χ1v) is 43.0. The maximum atomic E-state index is 4.18. The second-order valence-electron chi connectivity index (χ2n) is 23.2. The predicted molar refractivity (Wildman–Crippen MR) is 500 cm³/mol. The summed E-state index contributed by atoms with van der Waals surface area (Å²) in [6, 6.07) is 30.1. The van der Waals surface area contributed by atoms with E-state index in [-0.39, 0.29) is 0 Å². The van der Waals surface area contributed by atoms with Gasteiger partial charge in [0.05, 0.1) is 36.0 Å². The van der Waals surface area contributed by atoms with Crippen molar-refractivity contribution < 1.29 is 0 Å².